The van der Waals surface area contributed by atoms with Gasteiger partial charge >= 0.3 is 0 Å². The van der Waals surface area contributed by atoms with E-state index in [1.807, 2.05) is 0 Å². The third kappa shape index (κ3) is 9.35. The smallest absolute Gasteiger partial charge is 0.242 e. The van der Waals surface area contributed by atoms with Crippen LogP contribution in [0.1, 0.15) is 45.4 Å². The molecule has 1 rings (SSSR count). The molecule has 12 heteroatoms. The van der Waals surface area contributed by atoms with Crippen LogP contribution in [0.3, 0.4) is 0 Å². The van der Waals surface area contributed by atoms with E-state index in [-0.39, 0.29) is 24.8 Å². The number of ether oxygens (including phenoxy) is 2. The average Bonchev–Trinajstić information content (AvgIpc) is 2.76. The summed E-state index contributed by atoms with van der Waals surface area (Å²) in [6.07, 6.45) is -1.72. The van der Waals surface area contributed by atoms with Crippen LogP contribution in [-0.2, 0) is 23.9 Å². The number of rotatable bonds is 14. The third-order valence-corrected chi connectivity index (χ3v) is 5.18. The van der Waals surface area contributed by atoms with Crippen molar-refractivity contribution in [3.63, 3.8) is 0 Å². The van der Waals surface area contributed by atoms with Crippen molar-refractivity contribution in [3.8, 4) is 0 Å². The standard InChI is InChI=1S/C20H38N4O8/c1-12(26)23-16-18(29)17(28)14(11-25)32-20(16)31-10-6-4-8-15(27)24-13(19(30)22-2)7-3-5-9-21/h13-14,16-18,20,25,28-29H,3-11,21H2,1-2H3,(H,22,30)(H,23,26)(H,24,27)/t13-,14?,16?,17?,18?,20?/m0/s1. The molecule has 1 saturated heterocycles. The van der Waals surface area contributed by atoms with Crippen molar-refractivity contribution in [1.82, 2.24) is 16.0 Å². The molecule has 0 spiro atoms. The van der Waals surface area contributed by atoms with Gasteiger partial charge in [-0.15, -0.1) is 0 Å². The second-order valence-electron chi connectivity index (χ2n) is 7.78. The third-order valence-electron chi connectivity index (χ3n) is 5.18. The van der Waals surface area contributed by atoms with Gasteiger partial charge < -0.3 is 46.5 Å². The van der Waals surface area contributed by atoms with Crippen LogP contribution in [0.2, 0.25) is 0 Å². The molecule has 1 aliphatic rings. The van der Waals surface area contributed by atoms with E-state index in [2.05, 4.69) is 16.0 Å². The van der Waals surface area contributed by atoms with Gasteiger partial charge in [-0.05, 0) is 38.6 Å². The molecule has 1 aliphatic heterocycles. The van der Waals surface area contributed by atoms with Crippen LogP contribution in [0.15, 0.2) is 0 Å². The Balaban J connectivity index is 2.45. The summed E-state index contributed by atoms with van der Waals surface area (Å²) in [5, 5.41) is 37.3. The van der Waals surface area contributed by atoms with Crippen molar-refractivity contribution in [2.24, 2.45) is 5.73 Å². The Morgan fingerprint density at radius 2 is 1.84 bits per heavy atom. The van der Waals surface area contributed by atoms with Crippen molar-refractivity contribution in [3.05, 3.63) is 0 Å². The van der Waals surface area contributed by atoms with Crippen LogP contribution in [0.5, 0.6) is 0 Å². The molecule has 186 valence electrons. The molecule has 0 aromatic heterocycles. The molecule has 1 fully saturated rings. The summed E-state index contributed by atoms with van der Waals surface area (Å²) in [6.45, 7) is 1.42. The summed E-state index contributed by atoms with van der Waals surface area (Å²) in [6, 6.07) is -1.61. The zero-order chi connectivity index (χ0) is 24.1. The summed E-state index contributed by atoms with van der Waals surface area (Å²) in [4.78, 5) is 35.5. The van der Waals surface area contributed by atoms with E-state index in [0.717, 1.165) is 12.8 Å². The largest absolute Gasteiger partial charge is 0.394 e. The van der Waals surface area contributed by atoms with E-state index in [0.29, 0.717) is 25.8 Å². The molecule has 0 aliphatic carbocycles. The molecular formula is C20H38N4O8. The predicted molar refractivity (Wildman–Crippen MR) is 114 cm³/mol. The first-order valence-electron chi connectivity index (χ1n) is 11.0. The van der Waals surface area contributed by atoms with E-state index in [9.17, 15) is 29.7 Å². The lowest BCUT2D eigenvalue weighted by Crippen LogP contribution is -2.64. The highest BCUT2D eigenvalue weighted by Crippen LogP contribution is 2.22. The van der Waals surface area contributed by atoms with Gasteiger partial charge in [0.05, 0.1) is 6.61 Å². The number of hydrogen-bond donors (Lipinski definition) is 7. The lowest BCUT2D eigenvalue weighted by atomic mass is 9.97. The summed E-state index contributed by atoms with van der Waals surface area (Å²) < 4.78 is 11.1. The van der Waals surface area contributed by atoms with Gasteiger partial charge in [0.15, 0.2) is 6.29 Å². The zero-order valence-corrected chi connectivity index (χ0v) is 18.8. The molecule has 6 atom stereocenters. The predicted octanol–water partition coefficient (Wildman–Crippen LogP) is -2.52. The number of hydrogen-bond acceptors (Lipinski definition) is 9. The maximum absolute atomic E-state index is 12.2. The summed E-state index contributed by atoms with van der Waals surface area (Å²) in [7, 11) is 1.51. The molecule has 1 heterocycles. The Kier molecular flexibility index (Phi) is 13.3. The lowest BCUT2D eigenvalue weighted by molar-refractivity contribution is -0.270. The Hall–Kier alpha value is -1.83. The number of likely N-dealkylation sites (N-methyl/N-ethyl adjacent to an activating group) is 1. The molecule has 0 bridgehead atoms. The van der Waals surface area contributed by atoms with Crippen molar-refractivity contribution in [2.75, 3.05) is 26.8 Å². The lowest BCUT2D eigenvalue weighted by Gasteiger charge is -2.42. The molecule has 0 saturated carbocycles. The number of nitrogens with one attached hydrogen (secondary N) is 3. The Morgan fingerprint density at radius 3 is 2.44 bits per heavy atom. The van der Waals surface area contributed by atoms with Gasteiger partial charge in [-0.1, -0.05) is 0 Å². The quantitative estimate of drug-likeness (QED) is 0.136. The van der Waals surface area contributed by atoms with Gasteiger partial charge in [0.25, 0.3) is 0 Å². The van der Waals surface area contributed by atoms with Crippen molar-refractivity contribution in [1.29, 1.82) is 0 Å². The fourth-order valence-electron chi connectivity index (χ4n) is 3.40. The molecule has 12 nitrogen and oxygen atoms in total. The number of amides is 3. The molecule has 0 radical (unpaired) electrons. The fourth-order valence-corrected chi connectivity index (χ4v) is 3.40. The highest BCUT2D eigenvalue weighted by atomic mass is 16.7. The SMILES string of the molecule is CNC(=O)[C@H](CCCCN)NC(=O)CCCCOC1OC(CO)C(O)C(O)C1NC(C)=O. The van der Waals surface area contributed by atoms with E-state index in [4.69, 9.17) is 15.2 Å². The van der Waals surface area contributed by atoms with Crippen LogP contribution >= 0.6 is 0 Å². The van der Waals surface area contributed by atoms with Crippen LogP contribution in [0.25, 0.3) is 0 Å². The molecule has 3 amide bonds. The van der Waals surface area contributed by atoms with E-state index in [1.165, 1.54) is 14.0 Å². The van der Waals surface area contributed by atoms with Gasteiger partial charge in [0.1, 0.15) is 30.4 Å². The summed E-state index contributed by atoms with van der Waals surface area (Å²) in [5.41, 5.74) is 5.47. The molecule has 8 N–H and O–H groups in total. The Morgan fingerprint density at radius 1 is 1.12 bits per heavy atom. The number of unbranched alkanes of at least 4 members (excludes halogenated alkanes) is 2. The topological polar surface area (TPSA) is 192 Å². The van der Waals surface area contributed by atoms with E-state index >= 15 is 0 Å². The van der Waals surface area contributed by atoms with Crippen LogP contribution in [0, 0.1) is 0 Å². The minimum Gasteiger partial charge on any atom is -0.394 e. The highest BCUT2D eigenvalue weighted by Gasteiger charge is 2.45. The first-order chi connectivity index (χ1) is 15.2. The molecule has 0 aromatic carbocycles. The first-order valence-corrected chi connectivity index (χ1v) is 11.0. The van der Waals surface area contributed by atoms with Gasteiger partial charge in [-0.2, -0.15) is 0 Å². The zero-order valence-electron chi connectivity index (χ0n) is 18.8. The number of carbonyl (C=O) groups excluding carboxylic acids is 3. The molecule has 5 unspecified atom stereocenters. The molecule has 32 heavy (non-hydrogen) atoms. The van der Waals surface area contributed by atoms with Crippen LogP contribution in [0.4, 0.5) is 0 Å². The van der Waals surface area contributed by atoms with Gasteiger partial charge in [-0.3, -0.25) is 14.4 Å². The summed E-state index contributed by atoms with van der Waals surface area (Å²) in [5.74, 6) is -0.943. The maximum Gasteiger partial charge on any atom is 0.242 e. The Bertz CT molecular complexity index is 594. The van der Waals surface area contributed by atoms with Crippen LogP contribution in [-0.4, -0.2) is 96.5 Å². The fraction of sp³-hybridized carbons (Fsp3) is 0.850. The monoisotopic (exact) mass is 462 g/mol. The minimum atomic E-state index is -1.38. The van der Waals surface area contributed by atoms with Crippen molar-refractivity contribution in [2.45, 2.75) is 82.1 Å². The number of aliphatic hydroxyl groups is 3. The highest BCUT2D eigenvalue weighted by molar-refractivity contribution is 5.87. The average molecular weight is 463 g/mol. The van der Waals surface area contributed by atoms with Gasteiger partial charge in [0, 0.05) is 27.0 Å². The number of carbonyl (C=O) groups is 3. The second kappa shape index (κ2) is 15.1. The molecular weight excluding hydrogens is 424 g/mol. The Labute approximate surface area is 188 Å². The van der Waals surface area contributed by atoms with Gasteiger partial charge in [0.2, 0.25) is 17.7 Å². The van der Waals surface area contributed by atoms with Crippen LogP contribution < -0.4 is 21.7 Å². The van der Waals surface area contributed by atoms with Gasteiger partial charge in [-0.25, -0.2) is 0 Å². The molecule has 0 aromatic rings. The van der Waals surface area contributed by atoms with E-state index < -0.39 is 49.2 Å². The summed E-state index contributed by atoms with van der Waals surface area (Å²) >= 11 is 0. The first kappa shape index (κ1) is 28.2. The van der Waals surface area contributed by atoms with E-state index in [1.54, 1.807) is 0 Å². The number of nitrogens with two attached hydrogens (primary N) is 1. The van der Waals surface area contributed by atoms with Crippen molar-refractivity contribution >= 4 is 17.7 Å². The van der Waals surface area contributed by atoms with Crippen molar-refractivity contribution < 1.29 is 39.2 Å². The minimum absolute atomic E-state index is 0.157. The second-order valence-corrected chi connectivity index (χ2v) is 7.78. The number of aliphatic hydroxyl groups excluding tert-OH is 3. The normalized spacial score (nSPS) is 26.2. The maximum atomic E-state index is 12.2.